The summed E-state index contributed by atoms with van der Waals surface area (Å²) in [6.45, 7) is 8.18. The van der Waals surface area contributed by atoms with Gasteiger partial charge in [0.2, 0.25) is 0 Å². The summed E-state index contributed by atoms with van der Waals surface area (Å²) in [6, 6.07) is 9.82. The normalized spacial score (nSPS) is 13.8. The molecule has 0 amide bonds. The Kier molecular flexibility index (Phi) is 4.98. The summed E-state index contributed by atoms with van der Waals surface area (Å²) in [5.74, 6) is 0.314. The molecule has 4 rings (SSSR count). The van der Waals surface area contributed by atoms with E-state index in [2.05, 4.69) is 23.1 Å². The van der Waals surface area contributed by atoms with E-state index in [1.807, 2.05) is 31.2 Å². The van der Waals surface area contributed by atoms with Crippen LogP contribution in [0, 0.1) is 13.8 Å². The van der Waals surface area contributed by atoms with Crippen molar-refractivity contribution in [2.75, 3.05) is 5.75 Å². The van der Waals surface area contributed by atoms with Crippen LogP contribution in [-0.4, -0.2) is 25.7 Å². The van der Waals surface area contributed by atoms with E-state index in [0.717, 1.165) is 17.0 Å². The molecule has 28 heavy (non-hydrogen) atoms. The number of carbonyl (C=O) groups is 1. The third-order valence-corrected chi connectivity index (χ3v) is 6.14. The summed E-state index contributed by atoms with van der Waals surface area (Å²) >= 11 is 1.31. The highest BCUT2D eigenvalue weighted by molar-refractivity contribution is 7.99. The quantitative estimate of drug-likeness (QED) is 0.260. The summed E-state index contributed by atoms with van der Waals surface area (Å²) in [4.78, 5) is 30.3. The van der Waals surface area contributed by atoms with Gasteiger partial charge in [-0.3, -0.25) is 14.2 Å². The van der Waals surface area contributed by atoms with Gasteiger partial charge in [-0.2, -0.15) is 0 Å². The summed E-state index contributed by atoms with van der Waals surface area (Å²) in [7, 11) is 0. The second-order valence-corrected chi connectivity index (χ2v) is 8.16. The summed E-state index contributed by atoms with van der Waals surface area (Å²) in [5.41, 5.74) is 3.50. The lowest BCUT2D eigenvalue weighted by atomic mass is 10.2. The van der Waals surface area contributed by atoms with Gasteiger partial charge in [-0.1, -0.05) is 30.0 Å². The summed E-state index contributed by atoms with van der Waals surface area (Å²) in [6.07, 6.45) is 4.05. The predicted octanol–water partition coefficient (Wildman–Crippen LogP) is 4.31. The zero-order valence-electron chi connectivity index (χ0n) is 16.1. The number of hydrogen-bond acceptors (Lipinski definition) is 4. The average Bonchev–Trinajstić information content (AvgIpc) is 3.47. The zero-order valence-corrected chi connectivity index (χ0v) is 17.0. The molecule has 0 saturated heterocycles. The Morgan fingerprint density at radius 2 is 2.07 bits per heavy atom. The lowest BCUT2D eigenvalue weighted by Crippen LogP contribution is -2.23. The first-order valence-electron chi connectivity index (χ1n) is 9.46. The molecule has 0 bridgehead atoms. The fourth-order valence-corrected chi connectivity index (χ4v) is 4.60. The molecule has 5 nitrogen and oxygen atoms in total. The molecule has 144 valence electrons. The standard InChI is InChI=1S/C22H23N3O2S/c1-4-11-24-21(27)17-7-5-6-8-19(17)23-22(24)28-13-20(26)18-12-14(2)25(15(18)3)16-9-10-16/h4-8,12,16H,1,9-11,13H2,2-3H3. The van der Waals surface area contributed by atoms with Crippen LogP contribution in [0.1, 0.15) is 40.6 Å². The lowest BCUT2D eigenvalue weighted by molar-refractivity contribution is 0.102. The molecule has 1 saturated carbocycles. The van der Waals surface area contributed by atoms with Crippen molar-refractivity contribution in [1.29, 1.82) is 0 Å². The van der Waals surface area contributed by atoms with Gasteiger partial charge in [-0.05, 0) is 44.9 Å². The van der Waals surface area contributed by atoms with Gasteiger partial charge in [0.15, 0.2) is 10.9 Å². The van der Waals surface area contributed by atoms with E-state index in [0.29, 0.717) is 28.6 Å². The third-order valence-electron chi connectivity index (χ3n) is 5.17. The van der Waals surface area contributed by atoms with Crippen LogP contribution in [0.25, 0.3) is 10.9 Å². The van der Waals surface area contributed by atoms with Gasteiger partial charge < -0.3 is 4.57 Å². The van der Waals surface area contributed by atoms with Gasteiger partial charge in [0.05, 0.1) is 16.7 Å². The van der Waals surface area contributed by atoms with Gasteiger partial charge in [0.1, 0.15) is 0 Å². The Hall–Kier alpha value is -2.60. The third kappa shape index (κ3) is 3.33. The predicted molar refractivity (Wildman–Crippen MR) is 113 cm³/mol. The molecule has 2 aromatic heterocycles. The number of thioether (sulfide) groups is 1. The Labute approximate surface area is 168 Å². The number of Topliss-reactive ketones (excluding diaryl/α,β-unsaturated/α-hetero) is 1. The van der Waals surface area contributed by atoms with Gasteiger partial charge in [-0.25, -0.2) is 4.98 Å². The molecule has 3 aromatic rings. The average molecular weight is 394 g/mol. The Morgan fingerprint density at radius 1 is 1.32 bits per heavy atom. The van der Waals surface area contributed by atoms with Crippen LogP contribution in [-0.2, 0) is 6.54 Å². The second kappa shape index (κ2) is 7.43. The maximum atomic E-state index is 12.9. The lowest BCUT2D eigenvalue weighted by Gasteiger charge is -2.11. The highest BCUT2D eigenvalue weighted by atomic mass is 32.2. The fourth-order valence-electron chi connectivity index (χ4n) is 3.71. The molecule has 0 N–H and O–H groups in total. The minimum absolute atomic E-state index is 0.0672. The molecule has 0 spiro atoms. The SMILES string of the molecule is C=CCn1c(SCC(=O)c2cc(C)n(C3CC3)c2C)nc2ccccc2c1=O. The van der Waals surface area contributed by atoms with Crippen molar-refractivity contribution in [1.82, 2.24) is 14.1 Å². The van der Waals surface area contributed by atoms with Crippen molar-refractivity contribution in [2.45, 2.75) is 44.4 Å². The minimum atomic E-state index is -0.104. The first kappa shape index (κ1) is 18.7. The largest absolute Gasteiger partial charge is 0.345 e. The number of aromatic nitrogens is 3. The first-order valence-corrected chi connectivity index (χ1v) is 10.4. The maximum absolute atomic E-state index is 12.9. The minimum Gasteiger partial charge on any atom is -0.345 e. The molecule has 1 aliphatic carbocycles. The van der Waals surface area contributed by atoms with Crippen molar-refractivity contribution in [3.8, 4) is 0 Å². The van der Waals surface area contributed by atoms with Crippen molar-refractivity contribution in [3.63, 3.8) is 0 Å². The van der Waals surface area contributed by atoms with Gasteiger partial charge in [0, 0.05) is 29.5 Å². The van der Waals surface area contributed by atoms with Gasteiger partial charge in [-0.15, -0.1) is 6.58 Å². The number of carbonyl (C=O) groups excluding carboxylic acids is 1. The van der Waals surface area contributed by atoms with Crippen LogP contribution in [0.4, 0.5) is 0 Å². The van der Waals surface area contributed by atoms with E-state index in [1.54, 1.807) is 16.7 Å². The second-order valence-electron chi connectivity index (χ2n) is 7.21. The number of aryl methyl sites for hydroxylation is 1. The monoisotopic (exact) mass is 393 g/mol. The molecular weight excluding hydrogens is 370 g/mol. The van der Waals surface area contributed by atoms with Crippen LogP contribution < -0.4 is 5.56 Å². The van der Waals surface area contributed by atoms with E-state index < -0.39 is 0 Å². The van der Waals surface area contributed by atoms with E-state index in [-0.39, 0.29) is 17.1 Å². The molecule has 0 aliphatic heterocycles. The summed E-state index contributed by atoms with van der Waals surface area (Å²) in [5, 5.41) is 1.13. The van der Waals surface area contributed by atoms with Crippen LogP contribution in [0.5, 0.6) is 0 Å². The number of fused-ring (bicyclic) bond motifs is 1. The van der Waals surface area contributed by atoms with Crippen LogP contribution in [0.3, 0.4) is 0 Å². The van der Waals surface area contributed by atoms with Crippen LogP contribution in [0.2, 0.25) is 0 Å². The molecule has 2 heterocycles. The van der Waals surface area contributed by atoms with Crippen molar-refractivity contribution in [3.05, 3.63) is 70.3 Å². The number of benzene rings is 1. The van der Waals surface area contributed by atoms with Crippen molar-refractivity contribution in [2.24, 2.45) is 0 Å². The number of ketones is 1. The van der Waals surface area contributed by atoms with E-state index in [1.165, 1.54) is 24.6 Å². The van der Waals surface area contributed by atoms with Crippen molar-refractivity contribution >= 4 is 28.4 Å². The smallest absolute Gasteiger partial charge is 0.262 e. The van der Waals surface area contributed by atoms with Crippen molar-refractivity contribution < 1.29 is 4.79 Å². The molecular formula is C22H23N3O2S. The van der Waals surface area contributed by atoms with Gasteiger partial charge >= 0.3 is 0 Å². The zero-order chi connectivity index (χ0) is 19.8. The number of nitrogens with zero attached hydrogens (tertiary/aromatic N) is 3. The van der Waals surface area contributed by atoms with E-state index in [9.17, 15) is 9.59 Å². The molecule has 0 atom stereocenters. The Balaban J connectivity index is 1.63. The number of allylic oxidation sites excluding steroid dienone is 1. The molecule has 6 heteroatoms. The Morgan fingerprint density at radius 3 is 2.79 bits per heavy atom. The van der Waals surface area contributed by atoms with Crippen LogP contribution in [0.15, 0.2) is 52.9 Å². The molecule has 1 aliphatic rings. The first-order chi connectivity index (χ1) is 13.5. The van der Waals surface area contributed by atoms with E-state index in [4.69, 9.17) is 0 Å². The van der Waals surface area contributed by atoms with Crippen LogP contribution >= 0.6 is 11.8 Å². The summed E-state index contributed by atoms with van der Waals surface area (Å²) < 4.78 is 3.86. The fraction of sp³-hybridized carbons (Fsp3) is 0.318. The molecule has 1 aromatic carbocycles. The van der Waals surface area contributed by atoms with Gasteiger partial charge in [0.25, 0.3) is 5.56 Å². The van der Waals surface area contributed by atoms with E-state index >= 15 is 0 Å². The highest BCUT2D eigenvalue weighted by Crippen LogP contribution is 2.38. The topological polar surface area (TPSA) is 56.9 Å². The molecule has 0 unspecified atom stereocenters. The highest BCUT2D eigenvalue weighted by Gasteiger charge is 2.28. The molecule has 0 radical (unpaired) electrons. The molecule has 1 fully saturated rings. The number of para-hydroxylation sites is 1. The Bertz CT molecular complexity index is 1140. The maximum Gasteiger partial charge on any atom is 0.262 e. The number of rotatable bonds is 7. The number of hydrogen-bond donors (Lipinski definition) is 0.